The molecule has 2 heterocycles. The molecule has 76 valence electrons. The SMILES string of the molecule is OCC(NC1CSC1)C1CCCO1. The van der Waals surface area contributed by atoms with Crippen molar-refractivity contribution in [2.75, 3.05) is 24.7 Å². The Hall–Kier alpha value is 0.230. The zero-order chi connectivity index (χ0) is 9.10. The fourth-order valence-electron chi connectivity index (χ4n) is 1.83. The van der Waals surface area contributed by atoms with Crippen molar-refractivity contribution in [1.82, 2.24) is 5.32 Å². The van der Waals surface area contributed by atoms with Gasteiger partial charge in [-0.3, -0.25) is 0 Å². The van der Waals surface area contributed by atoms with Crippen molar-refractivity contribution in [3.05, 3.63) is 0 Å². The first kappa shape index (κ1) is 9.77. The third-order valence-electron chi connectivity index (χ3n) is 2.70. The predicted octanol–water partition coefficient (Wildman–Crippen LogP) is 0.231. The molecule has 2 saturated heterocycles. The van der Waals surface area contributed by atoms with Crippen molar-refractivity contribution < 1.29 is 9.84 Å². The summed E-state index contributed by atoms with van der Waals surface area (Å²) in [6.07, 6.45) is 2.48. The quantitative estimate of drug-likeness (QED) is 0.686. The predicted molar refractivity (Wildman–Crippen MR) is 54.1 cm³/mol. The molecule has 2 N–H and O–H groups in total. The van der Waals surface area contributed by atoms with Gasteiger partial charge in [-0.15, -0.1) is 0 Å². The Labute approximate surface area is 83.2 Å². The average Bonchev–Trinajstić information content (AvgIpc) is 2.55. The van der Waals surface area contributed by atoms with E-state index in [-0.39, 0.29) is 18.8 Å². The lowest BCUT2D eigenvalue weighted by atomic mass is 10.1. The van der Waals surface area contributed by atoms with E-state index in [4.69, 9.17) is 4.74 Å². The zero-order valence-electron chi connectivity index (χ0n) is 7.74. The number of ether oxygens (including phenoxy) is 1. The largest absolute Gasteiger partial charge is 0.395 e. The van der Waals surface area contributed by atoms with E-state index in [1.54, 1.807) is 0 Å². The number of rotatable bonds is 4. The highest BCUT2D eigenvalue weighted by Crippen LogP contribution is 2.21. The highest BCUT2D eigenvalue weighted by molar-refractivity contribution is 8.00. The maximum Gasteiger partial charge on any atom is 0.0751 e. The molecule has 2 aliphatic heterocycles. The Morgan fingerprint density at radius 3 is 2.85 bits per heavy atom. The minimum Gasteiger partial charge on any atom is -0.395 e. The van der Waals surface area contributed by atoms with Gasteiger partial charge in [-0.05, 0) is 12.8 Å². The second-order valence-electron chi connectivity index (χ2n) is 3.74. The Bertz CT molecular complexity index is 158. The van der Waals surface area contributed by atoms with Crippen LogP contribution in [0.1, 0.15) is 12.8 Å². The van der Waals surface area contributed by atoms with Gasteiger partial charge in [0.1, 0.15) is 0 Å². The fourth-order valence-corrected chi connectivity index (χ4v) is 2.50. The summed E-state index contributed by atoms with van der Waals surface area (Å²) in [5.74, 6) is 2.37. The van der Waals surface area contributed by atoms with Crippen LogP contribution < -0.4 is 5.32 Å². The van der Waals surface area contributed by atoms with Gasteiger partial charge in [0.25, 0.3) is 0 Å². The summed E-state index contributed by atoms with van der Waals surface area (Å²) >= 11 is 1.96. The van der Waals surface area contributed by atoms with Crippen LogP contribution in [0.3, 0.4) is 0 Å². The molecule has 2 unspecified atom stereocenters. The summed E-state index contributed by atoms with van der Waals surface area (Å²) < 4.78 is 5.55. The lowest BCUT2D eigenvalue weighted by Gasteiger charge is -2.32. The summed E-state index contributed by atoms with van der Waals surface area (Å²) in [5, 5.41) is 12.7. The van der Waals surface area contributed by atoms with Crippen LogP contribution in [0, 0.1) is 0 Å². The van der Waals surface area contributed by atoms with Crippen molar-refractivity contribution >= 4 is 11.8 Å². The van der Waals surface area contributed by atoms with E-state index < -0.39 is 0 Å². The van der Waals surface area contributed by atoms with Gasteiger partial charge >= 0.3 is 0 Å². The molecule has 0 radical (unpaired) electrons. The molecule has 0 amide bonds. The van der Waals surface area contributed by atoms with E-state index in [0.717, 1.165) is 19.4 Å². The average molecular weight is 203 g/mol. The van der Waals surface area contributed by atoms with Crippen LogP contribution >= 0.6 is 11.8 Å². The first-order chi connectivity index (χ1) is 6.40. The smallest absolute Gasteiger partial charge is 0.0751 e. The Morgan fingerprint density at radius 1 is 1.54 bits per heavy atom. The summed E-state index contributed by atoms with van der Waals surface area (Å²) in [6, 6.07) is 0.764. The third-order valence-corrected chi connectivity index (χ3v) is 3.97. The standard InChI is InChI=1S/C9H17NO2S/c11-4-8(9-2-1-3-12-9)10-7-5-13-6-7/h7-11H,1-6H2. The van der Waals surface area contributed by atoms with Crippen LogP contribution in [-0.2, 0) is 4.74 Å². The second-order valence-corrected chi connectivity index (χ2v) is 4.82. The third kappa shape index (κ3) is 2.37. The van der Waals surface area contributed by atoms with Crippen LogP contribution in [0.15, 0.2) is 0 Å². The molecule has 0 aliphatic carbocycles. The van der Waals surface area contributed by atoms with Gasteiger partial charge in [-0.2, -0.15) is 11.8 Å². The fraction of sp³-hybridized carbons (Fsp3) is 1.00. The summed E-state index contributed by atoms with van der Waals surface area (Å²) in [7, 11) is 0. The molecule has 2 atom stereocenters. The molecule has 0 aromatic rings. The molecule has 13 heavy (non-hydrogen) atoms. The van der Waals surface area contributed by atoms with E-state index in [2.05, 4.69) is 5.32 Å². The summed E-state index contributed by atoms with van der Waals surface area (Å²) in [4.78, 5) is 0. The zero-order valence-corrected chi connectivity index (χ0v) is 8.55. The normalized spacial score (nSPS) is 31.6. The number of hydrogen-bond donors (Lipinski definition) is 2. The second kappa shape index (κ2) is 4.64. The number of nitrogens with one attached hydrogen (secondary N) is 1. The van der Waals surface area contributed by atoms with Crippen LogP contribution in [0.4, 0.5) is 0 Å². The van der Waals surface area contributed by atoms with Crippen molar-refractivity contribution in [2.45, 2.75) is 31.0 Å². The Morgan fingerprint density at radius 2 is 2.38 bits per heavy atom. The van der Waals surface area contributed by atoms with E-state index in [0.29, 0.717) is 6.04 Å². The highest BCUT2D eigenvalue weighted by atomic mass is 32.2. The minimum atomic E-state index is 0.161. The molecular formula is C9H17NO2S. The van der Waals surface area contributed by atoms with Gasteiger partial charge in [-0.25, -0.2) is 0 Å². The maximum atomic E-state index is 9.21. The maximum absolute atomic E-state index is 9.21. The van der Waals surface area contributed by atoms with Crippen LogP contribution in [0.5, 0.6) is 0 Å². The van der Waals surface area contributed by atoms with Crippen molar-refractivity contribution in [2.24, 2.45) is 0 Å². The topological polar surface area (TPSA) is 41.5 Å². The van der Waals surface area contributed by atoms with Crippen molar-refractivity contribution in [3.63, 3.8) is 0 Å². The van der Waals surface area contributed by atoms with Gasteiger partial charge in [0, 0.05) is 24.2 Å². The summed E-state index contributed by atoms with van der Waals surface area (Å²) in [5.41, 5.74) is 0. The van der Waals surface area contributed by atoms with Crippen LogP contribution in [-0.4, -0.2) is 48.0 Å². The lowest BCUT2D eigenvalue weighted by molar-refractivity contribution is 0.0526. The molecule has 4 heteroatoms. The number of aliphatic hydroxyl groups excluding tert-OH is 1. The molecule has 0 saturated carbocycles. The molecular weight excluding hydrogens is 186 g/mol. The van der Waals surface area contributed by atoms with Crippen molar-refractivity contribution in [1.29, 1.82) is 0 Å². The first-order valence-electron chi connectivity index (χ1n) is 4.96. The number of hydrogen-bond acceptors (Lipinski definition) is 4. The lowest BCUT2D eigenvalue weighted by Crippen LogP contribution is -2.52. The molecule has 0 bridgehead atoms. The Balaban J connectivity index is 1.77. The molecule has 2 rings (SSSR count). The van der Waals surface area contributed by atoms with E-state index in [1.165, 1.54) is 11.5 Å². The van der Waals surface area contributed by atoms with Gasteiger partial charge < -0.3 is 15.2 Å². The molecule has 0 aromatic heterocycles. The first-order valence-corrected chi connectivity index (χ1v) is 6.12. The summed E-state index contributed by atoms with van der Waals surface area (Å²) in [6.45, 7) is 1.06. The highest BCUT2D eigenvalue weighted by Gasteiger charge is 2.29. The molecule has 3 nitrogen and oxygen atoms in total. The molecule has 0 aromatic carbocycles. The van der Waals surface area contributed by atoms with E-state index in [1.807, 2.05) is 11.8 Å². The van der Waals surface area contributed by atoms with E-state index in [9.17, 15) is 5.11 Å². The van der Waals surface area contributed by atoms with Gasteiger partial charge in [0.05, 0.1) is 18.8 Å². The Kier molecular flexibility index (Phi) is 3.49. The van der Waals surface area contributed by atoms with E-state index >= 15 is 0 Å². The minimum absolute atomic E-state index is 0.161. The molecule has 0 spiro atoms. The van der Waals surface area contributed by atoms with Gasteiger partial charge in [-0.1, -0.05) is 0 Å². The van der Waals surface area contributed by atoms with Gasteiger partial charge in [0.2, 0.25) is 0 Å². The van der Waals surface area contributed by atoms with Gasteiger partial charge in [0.15, 0.2) is 0 Å². The monoisotopic (exact) mass is 203 g/mol. The van der Waals surface area contributed by atoms with Crippen LogP contribution in [0.2, 0.25) is 0 Å². The molecule has 2 fully saturated rings. The number of thioether (sulfide) groups is 1. The number of aliphatic hydroxyl groups is 1. The molecule has 2 aliphatic rings. The van der Waals surface area contributed by atoms with Crippen LogP contribution in [0.25, 0.3) is 0 Å². The van der Waals surface area contributed by atoms with Crippen molar-refractivity contribution in [3.8, 4) is 0 Å².